The Hall–Kier alpha value is -2.91. The van der Waals surface area contributed by atoms with Gasteiger partial charge in [-0.1, -0.05) is 0 Å². The predicted octanol–water partition coefficient (Wildman–Crippen LogP) is 2.17. The number of hydrogen-bond acceptors (Lipinski definition) is 6. The first-order valence-electron chi connectivity index (χ1n) is 10.5. The van der Waals surface area contributed by atoms with Crippen molar-refractivity contribution in [2.75, 3.05) is 44.7 Å². The number of ether oxygens (including phenoxy) is 1. The number of anilines is 1. The first-order valence-corrected chi connectivity index (χ1v) is 10.5. The summed E-state index contributed by atoms with van der Waals surface area (Å²) in [5.74, 6) is -0.0964. The van der Waals surface area contributed by atoms with Gasteiger partial charge in [0.25, 0.3) is 5.91 Å². The lowest BCUT2D eigenvalue weighted by molar-refractivity contribution is -0.134. The molecule has 2 fully saturated rings. The van der Waals surface area contributed by atoms with Gasteiger partial charge in [0.2, 0.25) is 5.91 Å². The molecule has 0 unspecified atom stereocenters. The minimum atomic E-state index is -0.369. The second-order valence-corrected chi connectivity index (χ2v) is 7.82. The summed E-state index contributed by atoms with van der Waals surface area (Å²) >= 11 is 0. The molecule has 9 heteroatoms. The van der Waals surface area contributed by atoms with Crippen LogP contribution in [-0.2, 0) is 9.53 Å². The monoisotopic (exact) mass is 427 g/mol. The van der Waals surface area contributed by atoms with Gasteiger partial charge in [0.05, 0.1) is 37.1 Å². The van der Waals surface area contributed by atoms with E-state index in [0.29, 0.717) is 49.1 Å². The number of morpholine rings is 1. The van der Waals surface area contributed by atoms with Crippen LogP contribution >= 0.6 is 0 Å². The number of aryl methyl sites for hydroxylation is 1. The van der Waals surface area contributed by atoms with E-state index in [1.807, 2.05) is 4.90 Å². The normalized spacial score (nSPS) is 19.4. The highest BCUT2D eigenvalue weighted by Gasteiger charge is 2.33. The van der Waals surface area contributed by atoms with Gasteiger partial charge in [0.15, 0.2) is 5.82 Å². The molecular formula is C22H26FN5O3. The van der Waals surface area contributed by atoms with Gasteiger partial charge in [-0.05, 0) is 44.0 Å². The Kier molecular flexibility index (Phi) is 6.53. The Bertz CT molecular complexity index is 947. The maximum absolute atomic E-state index is 13.1. The van der Waals surface area contributed by atoms with Crippen LogP contribution in [0.5, 0.6) is 0 Å². The van der Waals surface area contributed by atoms with Crippen molar-refractivity contribution >= 4 is 17.5 Å². The summed E-state index contributed by atoms with van der Waals surface area (Å²) in [5, 5.41) is 2.72. The van der Waals surface area contributed by atoms with Crippen LogP contribution in [0.2, 0.25) is 0 Å². The van der Waals surface area contributed by atoms with E-state index in [9.17, 15) is 14.0 Å². The fraction of sp³-hybridized carbons (Fsp3) is 0.455. The molecule has 0 saturated carbocycles. The summed E-state index contributed by atoms with van der Waals surface area (Å²) in [6, 6.07) is 5.37. The molecule has 1 N–H and O–H groups in total. The number of nitrogens with one attached hydrogen (secondary N) is 1. The molecule has 2 aliphatic heterocycles. The highest BCUT2D eigenvalue weighted by atomic mass is 19.1. The zero-order valence-electron chi connectivity index (χ0n) is 17.5. The van der Waals surface area contributed by atoms with Crippen molar-refractivity contribution in [3.63, 3.8) is 0 Å². The Labute approximate surface area is 180 Å². The van der Waals surface area contributed by atoms with Crippen LogP contribution < -0.4 is 5.32 Å². The van der Waals surface area contributed by atoms with Crippen LogP contribution in [0.15, 0.2) is 30.5 Å². The van der Waals surface area contributed by atoms with Crippen LogP contribution in [-0.4, -0.2) is 71.0 Å². The fourth-order valence-corrected chi connectivity index (χ4v) is 3.98. The fourth-order valence-electron chi connectivity index (χ4n) is 3.98. The Morgan fingerprint density at radius 1 is 1.19 bits per heavy atom. The largest absolute Gasteiger partial charge is 0.379 e. The van der Waals surface area contributed by atoms with Gasteiger partial charge >= 0.3 is 0 Å². The van der Waals surface area contributed by atoms with Crippen molar-refractivity contribution in [1.29, 1.82) is 0 Å². The highest BCUT2D eigenvalue weighted by Crippen LogP contribution is 2.30. The van der Waals surface area contributed by atoms with Gasteiger partial charge in [-0.2, -0.15) is 0 Å². The van der Waals surface area contributed by atoms with Crippen LogP contribution in [0.3, 0.4) is 0 Å². The maximum atomic E-state index is 13.1. The van der Waals surface area contributed by atoms with Gasteiger partial charge in [0, 0.05) is 31.5 Å². The van der Waals surface area contributed by atoms with E-state index in [1.165, 1.54) is 30.5 Å². The third-order valence-corrected chi connectivity index (χ3v) is 5.68. The summed E-state index contributed by atoms with van der Waals surface area (Å²) in [6.07, 6.45) is 3.20. The zero-order valence-corrected chi connectivity index (χ0v) is 17.5. The lowest BCUT2D eigenvalue weighted by Gasteiger charge is -2.30. The number of benzene rings is 1. The molecule has 2 aliphatic rings. The van der Waals surface area contributed by atoms with E-state index in [2.05, 4.69) is 20.2 Å². The molecule has 8 nitrogen and oxygen atoms in total. The molecule has 2 saturated heterocycles. The van der Waals surface area contributed by atoms with Crippen LogP contribution in [0, 0.1) is 12.7 Å². The molecule has 0 aliphatic carbocycles. The summed E-state index contributed by atoms with van der Waals surface area (Å²) in [5.41, 5.74) is 1.37. The number of nitrogens with zero attached hydrogens (tertiary/aromatic N) is 4. The lowest BCUT2D eigenvalue weighted by atomic mass is 10.1. The van der Waals surface area contributed by atoms with Crippen LogP contribution in [0.1, 0.15) is 40.8 Å². The third-order valence-electron chi connectivity index (χ3n) is 5.68. The van der Waals surface area contributed by atoms with Crippen molar-refractivity contribution in [3.8, 4) is 0 Å². The van der Waals surface area contributed by atoms with Crippen LogP contribution in [0.25, 0.3) is 0 Å². The van der Waals surface area contributed by atoms with Gasteiger partial charge in [-0.25, -0.2) is 14.4 Å². The molecule has 4 rings (SSSR count). The van der Waals surface area contributed by atoms with Gasteiger partial charge in [-0.15, -0.1) is 0 Å². The van der Waals surface area contributed by atoms with Crippen molar-refractivity contribution < 1.29 is 18.7 Å². The maximum Gasteiger partial charge on any atom is 0.259 e. The molecule has 1 aromatic heterocycles. The SMILES string of the molecule is Cc1nc([C@H]2CCCN2C(=O)CN2CCOCC2)ncc1C(=O)Nc1ccc(F)cc1. The van der Waals surface area contributed by atoms with E-state index in [1.54, 1.807) is 6.92 Å². The van der Waals surface area contributed by atoms with Crippen molar-refractivity contribution in [2.24, 2.45) is 0 Å². The van der Waals surface area contributed by atoms with E-state index in [0.717, 1.165) is 25.9 Å². The predicted molar refractivity (Wildman–Crippen MR) is 112 cm³/mol. The molecular weight excluding hydrogens is 401 g/mol. The minimum absolute atomic E-state index is 0.0729. The number of rotatable bonds is 5. The minimum Gasteiger partial charge on any atom is -0.379 e. The number of carbonyl (C=O) groups excluding carboxylic acids is 2. The Morgan fingerprint density at radius 2 is 1.94 bits per heavy atom. The summed E-state index contributed by atoms with van der Waals surface area (Å²) in [7, 11) is 0. The number of hydrogen-bond donors (Lipinski definition) is 1. The van der Waals surface area contributed by atoms with Crippen LogP contribution in [0.4, 0.5) is 10.1 Å². The molecule has 2 aromatic rings. The average Bonchev–Trinajstić information content (AvgIpc) is 3.26. The first-order chi connectivity index (χ1) is 15.0. The van der Waals surface area contributed by atoms with Gasteiger partial charge in [-0.3, -0.25) is 14.5 Å². The highest BCUT2D eigenvalue weighted by molar-refractivity contribution is 6.04. The molecule has 1 aromatic carbocycles. The third kappa shape index (κ3) is 5.05. The topological polar surface area (TPSA) is 87.7 Å². The number of carbonyl (C=O) groups is 2. The second kappa shape index (κ2) is 9.49. The number of likely N-dealkylation sites (tertiary alicyclic amines) is 1. The van der Waals surface area contributed by atoms with E-state index in [-0.39, 0.29) is 23.7 Å². The Morgan fingerprint density at radius 3 is 2.65 bits per heavy atom. The lowest BCUT2D eigenvalue weighted by Crippen LogP contribution is -2.44. The summed E-state index contributed by atoms with van der Waals surface area (Å²) in [4.78, 5) is 38.4. The molecule has 3 heterocycles. The Balaban J connectivity index is 1.44. The molecule has 164 valence electrons. The molecule has 1 atom stereocenters. The van der Waals surface area contributed by atoms with E-state index >= 15 is 0 Å². The van der Waals surface area contributed by atoms with Crippen molar-refractivity contribution in [2.45, 2.75) is 25.8 Å². The van der Waals surface area contributed by atoms with Crippen molar-refractivity contribution in [1.82, 2.24) is 19.8 Å². The summed E-state index contributed by atoms with van der Waals surface area (Å²) < 4.78 is 18.4. The summed E-state index contributed by atoms with van der Waals surface area (Å²) in [6.45, 7) is 5.63. The molecule has 0 bridgehead atoms. The number of amides is 2. The smallest absolute Gasteiger partial charge is 0.259 e. The standard InChI is InChI=1S/C22H26FN5O3/c1-15-18(22(30)26-17-6-4-16(23)5-7-17)13-24-21(25-15)19-3-2-8-28(19)20(29)14-27-9-11-31-12-10-27/h4-7,13,19H,2-3,8-12,14H2,1H3,(H,26,30)/t19-/m1/s1. The van der Waals surface area contributed by atoms with E-state index < -0.39 is 0 Å². The van der Waals surface area contributed by atoms with Gasteiger partial charge < -0.3 is 15.0 Å². The van der Waals surface area contributed by atoms with E-state index in [4.69, 9.17) is 4.74 Å². The molecule has 0 spiro atoms. The van der Waals surface area contributed by atoms with Gasteiger partial charge in [0.1, 0.15) is 5.82 Å². The first kappa shape index (κ1) is 21.3. The molecule has 0 radical (unpaired) electrons. The number of aromatic nitrogens is 2. The number of halogens is 1. The van der Waals surface area contributed by atoms with Crippen molar-refractivity contribution in [3.05, 3.63) is 53.4 Å². The molecule has 31 heavy (non-hydrogen) atoms. The quantitative estimate of drug-likeness (QED) is 0.787. The molecule has 2 amide bonds. The zero-order chi connectivity index (χ0) is 21.8. The average molecular weight is 427 g/mol. The second-order valence-electron chi connectivity index (χ2n) is 7.82.